The predicted octanol–water partition coefficient (Wildman–Crippen LogP) is 4.09. The maximum Gasteiger partial charge on any atom is 0.238 e. The van der Waals surface area contributed by atoms with Crippen LogP contribution in [0, 0.1) is 11.7 Å². The quantitative estimate of drug-likeness (QED) is 0.490. The Hall–Kier alpha value is -3.26. The SMILES string of the molecule is CCN(CC(=O)Nc1ccc(NC(C)=O)cc1)CC(=O)NC(c1ccc(F)cc1)C1CCCC1. The first-order valence-electron chi connectivity index (χ1n) is 11.8. The summed E-state index contributed by atoms with van der Waals surface area (Å²) in [5.41, 5.74) is 2.16. The number of amides is 3. The van der Waals surface area contributed by atoms with E-state index in [1.54, 1.807) is 41.3 Å². The van der Waals surface area contributed by atoms with Crippen molar-refractivity contribution in [1.82, 2.24) is 10.2 Å². The lowest BCUT2D eigenvalue weighted by Gasteiger charge is -2.27. The number of hydrogen-bond donors (Lipinski definition) is 3. The maximum absolute atomic E-state index is 13.4. The molecule has 1 unspecified atom stereocenters. The summed E-state index contributed by atoms with van der Waals surface area (Å²) in [5.74, 6) is -0.520. The average molecular weight is 469 g/mol. The van der Waals surface area contributed by atoms with Gasteiger partial charge < -0.3 is 16.0 Å². The summed E-state index contributed by atoms with van der Waals surface area (Å²) in [6, 6.07) is 13.0. The average Bonchev–Trinajstić information content (AvgIpc) is 3.33. The molecule has 3 amide bonds. The van der Waals surface area contributed by atoms with Crippen molar-refractivity contribution in [2.45, 2.75) is 45.6 Å². The third kappa shape index (κ3) is 7.66. The maximum atomic E-state index is 13.4. The van der Waals surface area contributed by atoms with E-state index in [-0.39, 0.29) is 42.7 Å². The monoisotopic (exact) mass is 468 g/mol. The molecule has 1 saturated carbocycles. The van der Waals surface area contributed by atoms with Crippen LogP contribution in [0.25, 0.3) is 0 Å². The second-order valence-corrected chi connectivity index (χ2v) is 8.75. The minimum Gasteiger partial charge on any atom is -0.348 e. The largest absolute Gasteiger partial charge is 0.348 e. The lowest BCUT2D eigenvalue weighted by molar-refractivity contribution is -0.124. The number of halogens is 1. The second kappa shape index (κ2) is 12.3. The standard InChI is InChI=1S/C26H33FN4O3/c1-3-31(16-24(33)29-23-14-12-22(13-15-23)28-18(2)32)17-25(34)30-26(19-6-4-5-7-19)20-8-10-21(27)11-9-20/h8-15,19,26H,3-7,16-17H2,1-2H3,(H,28,32)(H,29,33)(H,30,34). The fraction of sp³-hybridized carbons (Fsp3) is 0.423. The molecule has 0 radical (unpaired) electrons. The number of rotatable bonds is 10. The van der Waals surface area contributed by atoms with Gasteiger partial charge in [-0.3, -0.25) is 19.3 Å². The van der Waals surface area contributed by atoms with Gasteiger partial charge in [-0.15, -0.1) is 0 Å². The van der Waals surface area contributed by atoms with Crippen LogP contribution in [0.15, 0.2) is 48.5 Å². The van der Waals surface area contributed by atoms with Gasteiger partial charge in [0, 0.05) is 18.3 Å². The Morgan fingerprint density at radius 3 is 2.03 bits per heavy atom. The number of anilines is 2. The molecular weight excluding hydrogens is 435 g/mol. The summed E-state index contributed by atoms with van der Waals surface area (Å²) >= 11 is 0. The molecule has 182 valence electrons. The van der Waals surface area contributed by atoms with Crippen LogP contribution in [0.3, 0.4) is 0 Å². The van der Waals surface area contributed by atoms with Crippen molar-refractivity contribution in [2.24, 2.45) is 5.92 Å². The van der Waals surface area contributed by atoms with Gasteiger partial charge in [0.05, 0.1) is 19.1 Å². The molecule has 0 saturated heterocycles. The molecule has 7 nitrogen and oxygen atoms in total. The normalized spacial score (nSPS) is 14.6. The van der Waals surface area contributed by atoms with Crippen LogP contribution in [0.1, 0.15) is 51.1 Å². The summed E-state index contributed by atoms with van der Waals surface area (Å²) in [4.78, 5) is 38.3. The number of hydrogen-bond acceptors (Lipinski definition) is 4. The van der Waals surface area contributed by atoms with Gasteiger partial charge in [0.15, 0.2) is 0 Å². The molecule has 0 spiro atoms. The molecule has 2 aromatic rings. The number of benzene rings is 2. The minimum absolute atomic E-state index is 0.0714. The molecular formula is C26H33FN4O3. The van der Waals surface area contributed by atoms with Crippen molar-refractivity contribution in [3.63, 3.8) is 0 Å². The fourth-order valence-electron chi connectivity index (χ4n) is 4.38. The Morgan fingerprint density at radius 2 is 1.47 bits per heavy atom. The summed E-state index contributed by atoms with van der Waals surface area (Å²) in [5, 5.41) is 8.63. The number of likely N-dealkylation sites (N-methyl/N-ethyl adjacent to an activating group) is 1. The van der Waals surface area contributed by atoms with Gasteiger partial charge >= 0.3 is 0 Å². The molecule has 0 aliphatic heterocycles. The zero-order chi connectivity index (χ0) is 24.5. The van der Waals surface area contributed by atoms with E-state index in [0.717, 1.165) is 31.2 Å². The smallest absolute Gasteiger partial charge is 0.238 e. The van der Waals surface area contributed by atoms with Gasteiger partial charge in [-0.1, -0.05) is 31.9 Å². The van der Waals surface area contributed by atoms with Crippen LogP contribution >= 0.6 is 0 Å². The van der Waals surface area contributed by atoms with Crippen molar-refractivity contribution in [1.29, 1.82) is 0 Å². The van der Waals surface area contributed by atoms with E-state index in [2.05, 4.69) is 16.0 Å². The molecule has 0 aromatic heterocycles. The zero-order valence-corrected chi connectivity index (χ0v) is 19.8. The lowest BCUT2D eigenvalue weighted by Crippen LogP contribution is -2.43. The molecule has 0 bridgehead atoms. The predicted molar refractivity (Wildman–Crippen MR) is 131 cm³/mol. The van der Waals surface area contributed by atoms with Crippen LogP contribution in [0.2, 0.25) is 0 Å². The van der Waals surface area contributed by atoms with Gasteiger partial charge in [-0.25, -0.2) is 4.39 Å². The van der Waals surface area contributed by atoms with E-state index < -0.39 is 0 Å². The molecule has 1 aliphatic rings. The first kappa shape index (κ1) is 25.4. The summed E-state index contributed by atoms with van der Waals surface area (Å²) in [6.45, 7) is 4.03. The second-order valence-electron chi connectivity index (χ2n) is 8.75. The summed E-state index contributed by atoms with van der Waals surface area (Å²) in [7, 11) is 0. The van der Waals surface area contributed by atoms with Crippen LogP contribution in [-0.4, -0.2) is 42.3 Å². The first-order valence-corrected chi connectivity index (χ1v) is 11.8. The van der Waals surface area contributed by atoms with Gasteiger partial charge in [0.1, 0.15) is 5.82 Å². The van der Waals surface area contributed by atoms with Crippen LogP contribution in [-0.2, 0) is 14.4 Å². The Bertz CT molecular complexity index is 973. The molecule has 3 N–H and O–H groups in total. The highest BCUT2D eigenvalue weighted by molar-refractivity contribution is 5.93. The first-order chi connectivity index (χ1) is 16.3. The van der Waals surface area contributed by atoms with E-state index >= 15 is 0 Å². The van der Waals surface area contributed by atoms with E-state index in [1.165, 1.54) is 19.1 Å². The number of nitrogens with zero attached hydrogens (tertiary/aromatic N) is 1. The Labute approximate surface area is 200 Å². The third-order valence-corrected chi connectivity index (χ3v) is 6.09. The van der Waals surface area contributed by atoms with E-state index in [0.29, 0.717) is 23.8 Å². The van der Waals surface area contributed by atoms with Crippen molar-refractivity contribution in [2.75, 3.05) is 30.3 Å². The highest BCUT2D eigenvalue weighted by Gasteiger charge is 2.28. The van der Waals surface area contributed by atoms with Gasteiger partial charge in [-0.05, 0) is 67.3 Å². The molecule has 0 heterocycles. The van der Waals surface area contributed by atoms with Crippen molar-refractivity contribution >= 4 is 29.1 Å². The van der Waals surface area contributed by atoms with Gasteiger partial charge in [0.2, 0.25) is 17.7 Å². The van der Waals surface area contributed by atoms with Gasteiger partial charge in [-0.2, -0.15) is 0 Å². The number of nitrogens with one attached hydrogen (secondary N) is 3. The molecule has 1 aliphatic carbocycles. The van der Waals surface area contributed by atoms with Gasteiger partial charge in [0.25, 0.3) is 0 Å². The van der Waals surface area contributed by atoms with Crippen LogP contribution in [0.4, 0.5) is 15.8 Å². The Balaban J connectivity index is 1.55. The van der Waals surface area contributed by atoms with E-state index in [9.17, 15) is 18.8 Å². The molecule has 3 rings (SSSR count). The van der Waals surface area contributed by atoms with E-state index in [4.69, 9.17) is 0 Å². The third-order valence-electron chi connectivity index (χ3n) is 6.09. The highest BCUT2D eigenvalue weighted by Crippen LogP contribution is 2.35. The summed E-state index contributed by atoms with van der Waals surface area (Å²) in [6.07, 6.45) is 4.32. The van der Waals surface area contributed by atoms with Crippen molar-refractivity contribution in [3.05, 3.63) is 59.9 Å². The Morgan fingerprint density at radius 1 is 0.912 bits per heavy atom. The molecule has 8 heteroatoms. The van der Waals surface area contributed by atoms with Crippen molar-refractivity contribution in [3.8, 4) is 0 Å². The van der Waals surface area contributed by atoms with E-state index in [1.807, 2.05) is 6.92 Å². The molecule has 1 atom stereocenters. The summed E-state index contributed by atoms with van der Waals surface area (Å²) < 4.78 is 13.4. The number of carbonyl (C=O) groups is 3. The van der Waals surface area contributed by atoms with Crippen LogP contribution in [0.5, 0.6) is 0 Å². The lowest BCUT2D eigenvalue weighted by atomic mass is 9.91. The van der Waals surface area contributed by atoms with Crippen LogP contribution < -0.4 is 16.0 Å². The Kier molecular flexibility index (Phi) is 9.16. The topological polar surface area (TPSA) is 90.5 Å². The molecule has 2 aromatic carbocycles. The molecule has 34 heavy (non-hydrogen) atoms. The highest BCUT2D eigenvalue weighted by atomic mass is 19.1. The number of carbonyl (C=O) groups excluding carboxylic acids is 3. The molecule has 1 fully saturated rings. The van der Waals surface area contributed by atoms with Crippen molar-refractivity contribution < 1.29 is 18.8 Å². The zero-order valence-electron chi connectivity index (χ0n) is 19.8. The fourth-order valence-corrected chi connectivity index (χ4v) is 4.38. The minimum atomic E-state index is -0.298.